The van der Waals surface area contributed by atoms with Crippen LogP contribution in [-0.2, 0) is 25.6 Å². The van der Waals surface area contributed by atoms with Crippen LogP contribution in [-0.4, -0.2) is 44.9 Å². The normalized spacial score (nSPS) is 11.1. The van der Waals surface area contributed by atoms with Crippen LogP contribution in [0.15, 0.2) is 46.9 Å². The predicted molar refractivity (Wildman–Crippen MR) is 111 cm³/mol. The number of para-hydroxylation sites is 1. The van der Waals surface area contributed by atoms with Crippen molar-refractivity contribution in [1.82, 2.24) is 14.5 Å². The lowest BCUT2D eigenvalue weighted by molar-refractivity contribution is -0.152. The van der Waals surface area contributed by atoms with Crippen molar-refractivity contribution in [2.24, 2.45) is 0 Å². The summed E-state index contributed by atoms with van der Waals surface area (Å²) >= 11 is 0.833. The molecule has 2 heterocycles. The average molecular weight is 415 g/mol. The van der Waals surface area contributed by atoms with Crippen molar-refractivity contribution in [1.29, 1.82) is 0 Å². The molecule has 0 saturated heterocycles. The first kappa shape index (κ1) is 20.7. The number of carbonyl (C=O) groups is 2. The number of fused-ring (bicyclic) bond motifs is 3. The lowest BCUT2D eigenvalue weighted by Crippen LogP contribution is -2.32. The van der Waals surface area contributed by atoms with Gasteiger partial charge in [0.05, 0.1) is 13.2 Å². The van der Waals surface area contributed by atoms with Gasteiger partial charge in [0.1, 0.15) is 11.0 Å². The Hall–Kier alpha value is -3.07. The summed E-state index contributed by atoms with van der Waals surface area (Å²) in [5.41, 5.74) is 1.27. The Morgan fingerprint density at radius 3 is 2.52 bits per heavy atom. The quantitative estimate of drug-likeness (QED) is 0.198. The fourth-order valence-electron chi connectivity index (χ4n) is 2.89. The zero-order chi connectivity index (χ0) is 21.0. The summed E-state index contributed by atoms with van der Waals surface area (Å²) in [4.78, 5) is 45.5. The van der Waals surface area contributed by atoms with Gasteiger partial charge < -0.3 is 14.5 Å². The van der Waals surface area contributed by atoms with E-state index in [0.717, 1.165) is 22.7 Å². The standard InChI is InChI=1S/C20H21N3O5S/c1-4-11-23-17(24)15-14(12-9-7-8-10-13(12)21-15)22-20(23)29-16(18(25)27-5-2)19(26)28-6-3/h4,7-10,16,21H,1,5-6,11H2,2-3H3. The van der Waals surface area contributed by atoms with E-state index in [2.05, 4.69) is 16.5 Å². The molecular formula is C20H21N3O5S. The van der Waals surface area contributed by atoms with Gasteiger partial charge in [0.25, 0.3) is 5.56 Å². The number of hydrogen-bond acceptors (Lipinski definition) is 7. The molecule has 0 radical (unpaired) electrons. The van der Waals surface area contributed by atoms with E-state index >= 15 is 0 Å². The summed E-state index contributed by atoms with van der Waals surface area (Å²) < 4.78 is 11.4. The molecular weight excluding hydrogens is 394 g/mol. The molecule has 1 aromatic carbocycles. The van der Waals surface area contributed by atoms with E-state index in [-0.39, 0.29) is 30.5 Å². The maximum absolute atomic E-state index is 13.1. The van der Waals surface area contributed by atoms with Crippen molar-refractivity contribution in [3.63, 3.8) is 0 Å². The second kappa shape index (κ2) is 8.95. The van der Waals surface area contributed by atoms with Gasteiger partial charge in [-0.25, -0.2) is 4.98 Å². The maximum atomic E-state index is 13.1. The molecule has 0 fully saturated rings. The van der Waals surface area contributed by atoms with Crippen LogP contribution < -0.4 is 5.56 Å². The SMILES string of the molecule is C=CCn1c(SC(C(=O)OCC)C(=O)OCC)nc2c([nH]c3ccccc32)c1=O. The zero-order valence-corrected chi connectivity index (χ0v) is 17.0. The van der Waals surface area contributed by atoms with Crippen LogP contribution in [0, 0.1) is 0 Å². The predicted octanol–water partition coefficient (Wildman–Crippen LogP) is 2.65. The largest absolute Gasteiger partial charge is 0.465 e. The van der Waals surface area contributed by atoms with Crippen molar-refractivity contribution in [2.75, 3.05) is 13.2 Å². The lowest BCUT2D eigenvalue weighted by atomic mass is 10.2. The molecule has 9 heteroatoms. The molecule has 1 N–H and O–H groups in total. The number of H-pyrrole nitrogens is 1. The number of benzene rings is 1. The molecule has 8 nitrogen and oxygen atoms in total. The lowest BCUT2D eigenvalue weighted by Gasteiger charge is -2.16. The Labute approximate surface area is 170 Å². The van der Waals surface area contributed by atoms with Crippen LogP contribution in [0.1, 0.15) is 13.8 Å². The Kier molecular flexibility index (Phi) is 6.38. The van der Waals surface area contributed by atoms with Crippen LogP contribution in [0.2, 0.25) is 0 Å². The highest BCUT2D eigenvalue weighted by atomic mass is 32.2. The van der Waals surface area contributed by atoms with E-state index in [9.17, 15) is 14.4 Å². The molecule has 0 bridgehead atoms. The summed E-state index contributed by atoms with van der Waals surface area (Å²) in [7, 11) is 0. The van der Waals surface area contributed by atoms with Crippen LogP contribution in [0.4, 0.5) is 0 Å². The Balaban J connectivity index is 2.17. The van der Waals surface area contributed by atoms with Gasteiger partial charge in [-0.3, -0.25) is 19.0 Å². The smallest absolute Gasteiger partial charge is 0.331 e. The van der Waals surface area contributed by atoms with Crippen molar-refractivity contribution in [2.45, 2.75) is 30.8 Å². The highest BCUT2D eigenvalue weighted by Gasteiger charge is 2.33. The van der Waals surface area contributed by atoms with E-state index in [1.54, 1.807) is 19.9 Å². The third kappa shape index (κ3) is 4.04. The van der Waals surface area contributed by atoms with E-state index in [0.29, 0.717) is 11.0 Å². The summed E-state index contributed by atoms with van der Waals surface area (Å²) in [5.74, 6) is -1.48. The van der Waals surface area contributed by atoms with E-state index < -0.39 is 17.2 Å². The molecule has 0 aliphatic carbocycles. The number of rotatable bonds is 8. The van der Waals surface area contributed by atoms with Gasteiger partial charge in [0.15, 0.2) is 5.16 Å². The molecule has 0 unspecified atom stereocenters. The number of allylic oxidation sites excluding steroid dienone is 1. The number of carbonyl (C=O) groups excluding carboxylic acids is 2. The maximum Gasteiger partial charge on any atom is 0.331 e. The van der Waals surface area contributed by atoms with Gasteiger partial charge in [-0.05, 0) is 19.9 Å². The molecule has 2 aromatic heterocycles. The third-order valence-corrected chi connectivity index (χ3v) is 5.26. The highest BCUT2D eigenvalue weighted by molar-refractivity contribution is 8.01. The molecule has 0 saturated carbocycles. The average Bonchev–Trinajstić information content (AvgIpc) is 3.08. The first-order valence-electron chi connectivity index (χ1n) is 9.13. The minimum atomic E-state index is -1.29. The van der Waals surface area contributed by atoms with Crippen molar-refractivity contribution in [3.8, 4) is 0 Å². The second-order valence-electron chi connectivity index (χ2n) is 5.99. The van der Waals surface area contributed by atoms with Gasteiger partial charge in [-0.1, -0.05) is 36.0 Å². The van der Waals surface area contributed by atoms with Gasteiger partial charge in [-0.2, -0.15) is 0 Å². The molecule has 3 rings (SSSR count). The van der Waals surface area contributed by atoms with Gasteiger partial charge in [0.2, 0.25) is 5.25 Å². The minimum Gasteiger partial charge on any atom is -0.465 e. The van der Waals surface area contributed by atoms with Gasteiger partial charge in [-0.15, -0.1) is 6.58 Å². The zero-order valence-electron chi connectivity index (χ0n) is 16.1. The number of esters is 2. The third-order valence-electron chi connectivity index (χ3n) is 4.11. The summed E-state index contributed by atoms with van der Waals surface area (Å²) in [5, 5.41) is -0.310. The molecule has 29 heavy (non-hydrogen) atoms. The van der Waals surface area contributed by atoms with E-state index in [1.165, 1.54) is 4.57 Å². The Morgan fingerprint density at radius 1 is 1.24 bits per heavy atom. The molecule has 0 atom stereocenters. The fourth-order valence-corrected chi connectivity index (χ4v) is 3.86. The highest BCUT2D eigenvalue weighted by Crippen LogP contribution is 2.28. The van der Waals surface area contributed by atoms with Crippen molar-refractivity contribution >= 4 is 45.6 Å². The fraction of sp³-hybridized carbons (Fsp3) is 0.300. The molecule has 3 aromatic rings. The van der Waals surface area contributed by atoms with Crippen LogP contribution in [0.5, 0.6) is 0 Å². The van der Waals surface area contributed by atoms with E-state index in [4.69, 9.17) is 9.47 Å². The summed E-state index contributed by atoms with van der Waals surface area (Å²) in [6.07, 6.45) is 1.55. The van der Waals surface area contributed by atoms with Crippen LogP contribution >= 0.6 is 11.8 Å². The number of aromatic amines is 1. The number of aromatic nitrogens is 3. The Bertz CT molecular complexity index is 1120. The minimum absolute atomic E-state index is 0.115. The molecule has 0 spiro atoms. The van der Waals surface area contributed by atoms with E-state index in [1.807, 2.05) is 24.3 Å². The topological polar surface area (TPSA) is 103 Å². The van der Waals surface area contributed by atoms with Gasteiger partial charge >= 0.3 is 11.9 Å². The number of nitrogens with zero attached hydrogens (tertiary/aromatic N) is 2. The summed E-state index contributed by atoms with van der Waals surface area (Å²) in [6.45, 7) is 7.37. The molecule has 0 aliphatic heterocycles. The molecule has 152 valence electrons. The first-order valence-corrected chi connectivity index (χ1v) is 10.0. The van der Waals surface area contributed by atoms with Crippen LogP contribution in [0.3, 0.4) is 0 Å². The number of ether oxygens (including phenoxy) is 2. The van der Waals surface area contributed by atoms with Crippen molar-refractivity contribution in [3.05, 3.63) is 47.3 Å². The van der Waals surface area contributed by atoms with Gasteiger partial charge in [0, 0.05) is 17.4 Å². The molecule has 0 amide bonds. The van der Waals surface area contributed by atoms with Crippen LogP contribution in [0.25, 0.3) is 21.9 Å². The summed E-state index contributed by atoms with van der Waals surface area (Å²) in [6, 6.07) is 7.40. The monoisotopic (exact) mass is 415 g/mol. The second-order valence-corrected chi connectivity index (χ2v) is 7.07. The number of nitrogens with one attached hydrogen (secondary N) is 1. The molecule has 0 aliphatic rings. The Morgan fingerprint density at radius 2 is 1.90 bits per heavy atom. The number of hydrogen-bond donors (Lipinski definition) is 1. The number of thioether (sulfide) groups is 1. The first-order chi connectivity index (χ1) is 14.0. The van der Waals surface area contributed by atoms with Crippen molar-refractivity contribution < 1.29 is 19.1 Å².